The van der Waals surface area contributed by atoms with Crippen molar-refractivity contribution in [3.8, 4) is 6.07 Å². The minimum absolute atomic E-state index is 0.0355. The van der Waals surface area contributed by atoms with Gasteiger partial charge in [-0.2, -0.15) is 18.1 Å². The molecule has 0 amide bonds. The van der Waals surface area contributed by atoms with E-state index in [2.05, 4.69) is 4.40 Å². The third-order valence-electron chi connectivity index (χ3n) is 2.66. The molecule has 9 nitrogen and oxygen atoms in total. The summed E-state index contributed by atoms with van der Waals surface area (Å²) in [5, 5.41) is 19.4. The maximum Gasteiger partial charge on any atom is 0.330 e. The van der Waals surface area contributed by atoms with Crippen molar-refractivity contribution in [1.29, 1.82) is 5.26 Å². The zero-order valence-corrected chi connectivity index (χ0v) is 14.3. The molecule has 0 aliphatic rings. The number of hydrogen-bond acceptors (Lipinski definition) is 8. The van der Waals surface area contributed by atoms with Gasteiger partial charge in [0, 0.05) is 12.1 Å². The second-order valence-corrected chi connectivity index (χ2v) is 6.60. The third-order valence-corrected chi connectivity index (χ3v) is 4.83. The smallest absolute Gasteiger partial charge is 0.330 e. The van der Waals surface area contributed by atoms with Crippen LogP contribution in [0.5, 0.6) is 0 Å². The summed E-state index contributed by atoms with van der Waals surface area (Å²) in [5.74, 6) is -2.36. The van der Waals surface area contributed by atoms with Crippen molar-refractivity contribution >= 4 is 38.5 Å². The van der Waals surface area contributed by atoms with Crippen LogP contribution in [0, 0.1) is 27.4 Å². The molecule has 0 spiro atoms. The fourth-order valence-electron chi connectivity index (χ4n) is 1.55. The van der Waals surface area contributed by atoms with Crippen LogP contribution in [0.15, 0.2) is 33.6 Å². The molecule has 128 valence electrons. The number of carbonyl (C=O) groups is 1. The van der Waals surface area contributed by atoms with Crippen molar-refractivity contribution in [2.45, 2.75) is 11.8 Å². The molecule has 0 N–H and O–H groups in total. The quantitative estimate of drug-likeness (QED) is 0.242. The molecule has 0 aliphatic carbocycles. The Bertz CT molecular complexity index is 796. The fraction of sp³-hybridized carbons (Fsp3) is 0.308. The van der Waals surface area contributed by atoms with Gasteiger partial charge in [0.05, 0.1) is 22.5 Å². The van der Waals surface area contributed by atoms with Gasteiger partial charge >= 0.3 is 5.97 Å². The second kappa shape index (κ2) is 8.42. The molecule has 0 unspecified atom stereocenters. The summed E-state index contributed by atoms with van der Waals surface area (Å²) in [6.45, 7) is 1.59. The van der Waals surface area contributed by atoms with Gasteiger partial charge < -0.3 is 4.74 Å². The number of esters is 1. The van der Waals surface area contributed by atoms with E-state index in [1.54, 1.807) is 13.0 Å². The Kier molecular flexibility index (Phi) is 6.87. The van der Waals surface area contributed by atoms with Crippen molar-refractivity contribution in [2.75, 3.05) is 12.9 Å². The number of thioether (sulfide) groups is 1. The molecule has 11 heteroatoms. The summed E-state index contributed by atoms with van der Waals surface area (Å²) in [6, 6.07) is 5.76. The monoisotopic (exact) mass is 371 g/mol. The van der Waals surface area contributed by atoms with Gasteiger partial charge in [-0.3, -0.25) is 14.9 Å². The lowest BCUT2D eigenvalue weighted by Crippen LogP contribution is -2.23. The lowest BCUT2D eigenvalue weighted by Gasteiger charge is -2.09. The van der Waals surface area contributed by atoms with Crippen LogP contribution in [0.25, 0.3) is 0 Å². The number of nitriles is 1. The SMILES string of the molecule is CCOC(=O)[C@H](C#N)C(=NS(=O)(=O)c1ccc([N+](=O)[O-])cc1)SC. The van der Waals surface area contributed by atoms with E-state index in [1.165, 1.54) is 6.26 Å². The highest BCUT2D eigenvalue weighted by molar-refractivity contribution is 8.14. The number of nitro benzene ring substituents is 1. The number of nitrogens with zero attached hydrogens (tertiary/aromatic N) is 3. The highest BCUT2D eigenvalue weighted by Gasteiger charge is 2.28. The average molecular weight is 371 g/mol. The molecule has 0 bridgehead atoms. The van der Waals surface area contributed by atoms with Crippen LogP contribution in [-0.2, 0) is 19.6 Å². The van der Waals surface area contributed by atoms with Crippen LogP contribution in [-0.4, -0.2) is 37.2 Å². The summed E-state index contributed by atoms with van der Waals surface area (Å²) in [7, 11) is -4.23. The first-order valence-electron chi connectivity index (χ1n) is 6.46. The number of non-ortho nitro benzene ring substituents is 1. The first-order chi connectivity index (χ1) is 11.3. The molecule has 0 heterocycles. The summed E-state index contributed by atoms with van der Waals surface area (Å²) in [5.41, 5.74) is -0.274. The Morgan fingerprint density at radius 1 is 1.46 bits per heavy atom. The summed E-state index contributed by atoms with van der Waals surface area (Å²) < 4.78 is 32.7. The largest absolute Gasteiger partial charge is 0.465 e. The summed E-state index contributed by atoms with van der Waals surface area (Å²) >= 11 is 0.826. The molecular weight excluding hydrogens is 358 g/mol. The van der Waals surface area contributed by atoms with E-state index >= 15 is 0 Å². The maximum atomic E-state index is 12.3. The number of nitro groups is 1. The van der Waals surface area contributed by atoms with Crippen LogP contribution in [0.1, 0.15) is 6.92 Å². The van der Waals surface area contributed by atoms with Crippen molar-refractivity contribution in [3.63, 3.8) is 0 Å². The van der Waals surface area contributed by atoms with Crippen molar-refractivity contribution in [3.05, 3.63) is 34.4 Å². The van der Waals surface area contributed by atoms with Crippen molar-refractivity contribution in [2.24, 2.45) is 10.3 Å². The van der Waals surface area contributed by atoms with Gasteiger partial charge in [0.2, 0.25) is 0 Å². The predicted molar refractivity (Wildman–Crippen MR) is 87.0 cm³/mol. The van der Waals surface area contributed by atoms with Crippen LogP contribution >= 0.6 is 11.8 Å². The summed E-state index contributed by atoms with van der Waals surface area (Å²) in [4.78, 5) is 21.3. The van der Waals surface area contributed by atoms with Crippen LogP contribution in [0.4, 0.5) is 5.69 Å². The number of carbonyl (C=O) groups excluding carboxylic acids is 1. The molecule has 0 saturated heterocycles. The Morgan fingerprint density at radius 2 is 2.04 bits per heavy atom. The Morgan fingerprint density at radius 3 is 2.46 bits per heavy atom. The van der Waals surface area contributed by atoms with Gasteiger partial charge in [0.15, 0.2) is 5.92 Å². The third kappa shape index (κ3) is 4.77. The lowest BCUT2D eigenvalue weighted by atomic mass is 10.2. The van der Waals surface area contributed by atoms with Gasteiger partial charge in [0.1, 0.15) is 5.04 Å². The number of ether oxygens (including phenoxy) is 1. The Hall–Kier alpha value is -2.45. The second-order valence-electron chi connectivity index (χ2n) is 4.17. The summed E-state index contributed by atoms with van der Waals surface area (Å²) in [6.07, 6.45) is 1.47. The van der Waals surface area contributed by atoms with Crippen LogP contribution < -0.4 is 0 Å². The molecule has 0 fully saturated rings. The minimum Gasteiger partial charge on any atom is -0.465 e. The maximum absolute atomic E-state index is 12.3. The lowest BCUT2D eigenvalue weighted by molar-refractivity contribution is -0.384. The van der Waals surface area contributed by atoms with E-state index in [0.717, 1.165) is 36.0 Å². The van der Waals surface area contributed by atoms with Gasteiger partial charge in [0.25, 0.3) is 15.7 Å². The zero-order chi connectivity index (χ0) is 18.3. The molecule has 0 aromatic heterocycles. The standard InChI is InChI=1S/C13H13N3O6S2/c1-3-22-13(17)11(8-14)12(23-2)15-24(20,21)10-6-4-9(5-7-10)16(18)19/h4-7,11H,3H2,1-2H3/t11-/m1/s1. The highest BCUT2D eigenvalue weighted by atomic mass is 32.2. The highest BCUT2D eigenvalue weighted by Crippen LogP contribution is 2.21. The molecule has 0 radical (unpaired) electrons. The van der Waals surface area contributed by atoms with E-state index in [-0.39, 0.29) is 22.2 Å². The first kappa shape index (κ1) is 19.6. The first-order valence-corrected chi connectivity index (χ1v) is 9.12. The predicted octanol–water partition coefficient (Wildman–Crippen LogP) is 1.75. The normalized spacial score (nSPS) is 13.0. The van der Waals surface area contributed by atoms with E-state index in [4.69, 9.17) is 10.00 Å². The van der Waals surface area contributed by atoms with Crippen LogP contribution in [0.2, 0.25) is 0 Å². The van der Waals surface area contributed by atoms with Gasteiger partial charge in [-0.05, 0) is 25.3 Å². The molecule has 1 rings (SSSR count). The molecule has 24 heavy (non-hydrogen) atoms. The number of benzene rings is 1. The molecular formula is C13H13N3O6S2. The molecule has 1 atom stereocenters. The Balaban J connectivity index is 3.24. The zero-order valence-electron chi connectivity index (χ0n) is 12.7. The van der Waals surface area contributed by atoms with Crippen molar-refractivity contribution < 1.29 is 22.9 Å². The number of rotatable bonds is 6. The van der Waals surface area contributed by atoms with E-state index in [9.17, 15) is 23.3 Å². The van der Waals surface area contributed by atoms with E-state index < -0.39 is 26.8 Å². The van der Waals surface area contributed by atoms with Gasteiger partial charge in [-0.1, -0.05) is 0 Å². The topological polar surface area (TPSA) is 140 Å². The fourth-order valence-corrected chi connectivity index (χ4v) is 3.46. The molecule has 0 saturated carbocycles. The Labute approximate surface area is 142 Å². The van der Waals surface area contributed by atoms with Crippen LogP contribution in [0.3, 0.4) is 0 Å². The van der Waals surface area contributed by atoms with Gasteiger partial charge in [-0.15, -0.1) is 11.8 Å². The molecule has 1 aromatic carbocycles. The minimum atomic E-state index is -4.23. The number of sulfonamides is 1. The van der Waals surface area contributed by atoms with Gasteiger partial charge in [-0.25, -0.2) is 0 Å². The molecule has 1 aromatic rings. The number of hydrogen-bond donors (Lipinski definition) is 0. The van der Waals surface area contributed by atoms with Crippen molar-refractivity contribution in [1.82, 2.24) is 0 Å². The van der Waals surface area contributed by atoms with E-state index in [0.29, 0.717) is 0 Å². The average Bonchev–Trinajstić information content (AvgIpc) is 2.54. The molecule has 0 aliphatic heterocycles. The van der Waals surface area contributed by atoms with E-state index in [1.807, 2.05) is 0 Å².